The number of nitrogens with two attached hydrogens (primary N) is 1. The van der Waals surface area contributed by atoms with E-state index < -0.39 is 17.8 Å². The third-order valence-electron chi connectivity index (χ3n) is 2.06. The quantitative estimate of drug-likeness (QED) is 0.831. The molecule has 0 aromatic heterocycles. The van der Waals surface area contributed by atoms with Crippen molar-refractivity contribution in [1.29, 1.82) is 0 Å². The molecule has 0 aliphatic rings. The monoisotopic (exact) mass is 231 g/mol. The molecule has 5 heteroatoms. The molecular formula is C10H11ClFNO2. The lowest BCUT2D eigenvalue weighted by atomic mass is 10.1. The molecule has 1 aromatic carbocycles. The van der Waals surface area contributed by atoms with Gasteiger partial charge in [-0.25, -0.2) is 4.39 Å². The number of aliphatic carboxylic acids is 1. The van der Waals surface area contributed by atoms with E-state index in [0.717, 1.165) is 0 Å². The van der Waals surface area contributed by atoms with Crippen molar-refractivity contribution in [1.82, 2.24) is 0 Å². The summed E-state index contributed by atoms with van der Waals surface area (Å²) < 4.78 is 13.2. The van der Waals surface area contributed by atoms with Gasteiger partial charge in [-0.05, 0) is 30.5 Å². The van der Waals surface area contributed by atoms with Gasteiger partial charge in [0.25, 0.3) is 0 Å². The molecule has 0 bridgehead atoms. The minimum absolute atomic E-state index is 0.202. The Bertz CT molecular complexity index is 370. The first-order valence-corrected chi connectivity index (χ1v) is 4.81. The SMILES string of the molecule is N[C@@H](CCc1ccc(Cl)cc1F)C(=O)O. The van der Waals surface area contributed by atoms with E-state index in [-0.39, 0.29) is 12.8 Å². The van der Waals surface area contributed by atoms with Crippen molar-refractivity contribution in [3.63, 3.8) is 0 Å². The molecule has 1 aromatic rings. The predicted molar refractivity (Wildman–Crippen MR) is 55.3 cm³/mol. The minimum Gasteiger partial charge on any atom is -0.480 e. The Balaban J connectivity index is 2.62. The molecule has 0 aliphatic carbocycles. The van der Waals surface area contributed by atoms with E-state index in [1.165, 1.54) is 12.1 Å². The zero-order chi connectivity index (χ0) is 11.4. The summed E-state index contributed by atoms with van der Waals surface area (Å²) in [5.74, 6) is -1.51. The molecule has 1 atom stereocenters. The normalized spacial score (nSPS) is 12.5. The summed E-state index contributed by atoms with van der Waals surface area (Å²) in [4.78, 5) is 10.4. The van der Waals surface area contributed by atoms with Gasteiger partial charge in [-0.2, -0.15) is 0 Å². The van der Waals surface area contributed by atoms with E-state index >= 15 is 0 Å². The maximum Gasteiger partial charge on any atom is 0.320 e. The molecule has 0 unspecified atom stereocenters. The highest BCUT2D eigenvalue weighted by Crippen LogP contribution is 2.16. The first-order valence-electron chi connectivity index (χ1n) is 4.43. The maximum atomic E-state index is 13.2. The molecule has 3 nitrogen and oxygen atoms in total. The topological polar surface area (TPSA) is 63.3 Å². The van der Waals surface area contributed by atoms with Gasteiger partial charge >= 0.3 is 5.97 Å². The first kappa shape index (κ1) is 11.9. The highest BCUT2D eigenvalue weighted by atomic mass is 35.5. The van der Waals surface area contributed by atoms with Gasteiger partial charge in [0.05, 0.1) is 0 Å². The summed E-state index contributed by atoms with van der Waals surface area (Å²) in [6, 6.07) is 3.34. The Morgan fingerprint density at radius 1 is 1.60 bits per heavy atom. The number of carbonyl (C=O) groups is 1. The molecule has 15 heavy (non-hydrogen) atoms. The van der Waals surface area contributed by atoms with Gasteiger partial charge in [0.2, 0.25) is 0 Å². The molecule has 0 heterocycles. The zero-order valence-electron chi connectivity index (χ0n) is 7.91. The lowest BCUT2D eigenvalue weighted by Gasteiger charge is -2.07. The Morgan fingerprint density at radius 3 is 2.80 bits per heavy atom. The van der Waals surface area contributed by atoms with Crippen LogP contribution in [0.4, 0.5) is 4.39 Å². The lowest BCUT2D eigenvalue weighted by molar-refractivity contribution is -0.138. The standard InChI is InChI=1S/C10H11ClFNO2/c11-7-3-1-6(8(12)5-7)2-4-9(13)10(14)15/h1,3,5,9H,2,4,13H2,(H,14,15)/t9-/m0/s1. The second-order valence-electron chi connectivity index (χ2n) is 3.22. The average Bonchev–Trinajstić information content (AvgIpc) is 2.15. The van der Waals surface area contributed by atoms with Gasteiger partial charge in [0, 0.05) is 5.02 Å². The molecule has 0 saturated heterocycles. The zero-order valence-corrected chi connectivity index (χ0v) is 8.67. The summed E-state index contributed by atoms with van der Waals surface area (Å²) in [5, 5.41) is 8.85. The van der Waals surface area contributed by atoms with Crippen LogP contribution in [0.3, 0.4) is 0 Å². The third kappa shape index (κ3) is 3.49. The lowest BCUT2D eigenvalue weighted by Crippen LogP contribution is -2.30. The largest absolute Gasteiger partial charge is 0.480 e. The molecule has 0 aliphatic heterocycles. The van der Waals surface area contributed by atoms with Crippen LogP contribution in [0.15, 0.2) is 18.2 Å². The van der Waals surface area contributed by atoms with Crippen LogP contribution < -0.4 is 5.73 Å². The Kier molecular flexibility index (Phi) is 4.05. The van der Waals surface area contributed by atoms with Crippen LogP contribution in [0.25, 0.3) is 0 Å². The third-order valence-corrected chi connectivity index (χ3v) is 2.29. The van der Waals surface area contributed by atoms with Crippen molar-refractivity contribution < 1.29 is 14.3 Å². The van der Waals surface area contributed by atoms with Crippen molar-refractivity contribution in [2.45, 2.75) is 18.9 Å². The maximum absolute atomic E-state index is 13.2. The van der Waals surface area contributed by atoms with Crippen molar-refractivity contribution in [3.05, 3.63) is 34.6 Å². The van der Waals surface area contributed by atoms with Gasteiger partial charge in [-0.15, -0.1) is 0 Å². The van der Waals surface area contributed by atoms with Crippen LogP contribution in [0, 0.1) is 5.82 Å². The second kappa shape index (κ2) is 5.09. The summed E-state index contributed by atoms with van der Waals surface area (Å²) in [7, 11) is 0. The number of benzene rings is 1. The predicted octanol–water partition coefficient (Wildman–Crippen LogP) is 1.82. The van der Waals surface area contributed by atoms with Crippen LogP contribution in [-0.4, -0.2) is 17.1 Å². The van der Waals surface area contributed by atoms with Crippen LogP contribution in [0.2, 0.25) is 5.02 Å². The number of carboxylic acids is 1. The molecule has 0 radical (unpaired) electrons. The van der Waals surface area contributed by atoms with E-state index in [0.29, 0.717) is 10.6 Å². The van der Waals surface area contributed by atoms with E-state index in [1.54, 1.807) is 6.07 Å². The fraction of sp³-hybridized carbons (Fsp3) is 0.300. The molecule has 82 valence electrons. The van der Waals surface area contributed by atoms with Crippen molar-refractivity contribution in [2.75, 3.05) is 0 Å². The Labute approximate surface area is 91.7 Å². The molecular weight excluding hydrogens is 221 g/mol. The molecule has 1 rings (SSSR count). The Morgan fingerprint density at radius 2 is 2.27 bits per heavy atom. The smallest absolute Gasteiger partial charge is 0.320 e. The van der Waals surface area contributed by atoms with E-state index in [4.69, 9.17) is 22.4 Å². The molecule has 0 fully saturated rings. The number of halogens is 2. The number of rotatable bonds is 4. The minimum atomic E-state index is -1.08. The van der Waals surface area contributed by atoms with Crippen LogP contribution >= 0.6 is 11.6 Å². The first-order chi connectivity index (χ1) is 7.00. The molecule has 3 N–H and O–H groups in total. The van der Waals surface area contributed by atoms with Gasteiger partial charge in [-0.3, -0.25) is 4.79 Å². The van der Waals surface area contributed by atoms with Crippen molar-refractivity contribution in [2.24, 2.45) is 5.73 Å². The summed E-state index contributed by atoms with van der Waals surface area (Å²) in [5.41, 5.74) is 5.72. The molecule has 0 amide bonds. The molecule has 0 spiro atoms. The van der Waals surface area contributed by atoms with Gasteiger partial charge in [0.15, 0.2) is 0 Å². The number of carboxylic acid groups (broad SMARTS) is 1. The van der Waals surface area contributed by atoms with Crippen molar-refractivity contribution in [3.8, 4) is 0 Å². The van der Waals surface area contributed by atoms with Gasteiger partial charge < -0.3 is 10.8 Å². The van der Waals surface area contributed by atoms with Gasteiger partial charge in [-0.1, -0.05) is 17.7 Å². The van der Waals surface area contributed by atoms with E-state index in [9.17, 15) is 9.18 Å². The summed E-state index contributed by atoms with van der Waals surface area (Å²) in [6.07, 6.45) is 0.490. The van der Waals surface area contributed by atoms with Crippen molar-refractivity contribution >= 4 is 17.6 Å². The number of hydrogen-bond acceptors (Lipinski definition) is 2. The van der Waals surface area contributed by atoms with Crippen LogP contribution in [0.1, 0.15) is 12.0 Å². The Hall–Kier alpha value is -1.13. The highest BCUT2D eigenvalue weighted by Gasteiger charge is 2.12. The second-order valence-corrected chi connectivity index (χ2v) is 3.66. The molecule has 0 saturated carbocycles. The van der Waals surface area contributed by atoms with Crippen LogP contribution in [0.5, 0.6) is 0 Å². The number of aryl methyl sites for hydroxylation is 1. The van der Waals surface area contributed by atoms with E-state index in [1.807, 2.05) is 0 Å². The fourth-order valence-electron chi connectivity index (χ4n) is 1.16. The van der Waals surface area contributed by atoms with E-state index in [2.05, 4.69) is 0 Å². The van der Waals surface area contributed by atoms with Crippen LogP contribution in [-0.2, 0) is 11.2 Å². The number of hydrogen-bond donors (Lipinski definition) is 2. The highest BCUT2D eigenvalue weighted by molar-refractivity contribution is 6.30. The van der Waals surface area contributed by atoms with Gasteiger partial charge in [0.1, 0.15) is 11.9 Å². The summed E-state index contributed by atoms with van der Waals surface area (Å²) >= 11 is 5.57. The fourth-order valence-corrected chi connectivity index (χ4v) is 1.32. The average molecular weight is 232 g/mol. The summed E-state index contributed by atoms with van der Waals surface area (Å²) in [6.45, 7) is 0.